The van der Waals surface area contributed by atoms with Gasteiger partial charge in [0, 0.05) is 18.3 Å². The molecule has 1 unspecified atom stereocenters. The van der Waals surface area contributed by atoms with E-state index in [0.717, 1.165) is 24.5 Å². The van der Waals surface area contributed by atoms with Crippen LogP contribution in [0.15, 0.2) is 0 Å². The Hall–Kier alpha value is -0.380. The number of rotatable bonds is 6. The third-order valence-electron chi connectivity index (χ3n) is 1.49. The summed E-state index contributed by atoms with van der Waals surface area (Å²) in [4.78, 5) is 11.1. The molecule has 13 heavy (non-hydrogen) atoms. The van der Waals surface area contributed by atoms with E-state index in [1.807, 2.05) is 25.6 Å². The van der Waals surface area contributed by atoms with Crippen LogP contribution in [0.4, 0.5) is 4.79 Å². The van der Waals surface area contributed by atoms with Gasteiger partial charge in [0.25, 0.3) is 0 Å². The minimum absolute atomic E-state index is 0.0500. The average molecular weight is 204 g/mol. The van der Waals surface area contributed by atoms with Gasteiger partial charge in [0.15, 0.2) is 0 Å². The monoisotopic (exact) mass is 204 g/mol. The normalized spacial score (nSPS) is 12.2. The number of thioether (sulfide) groups is 1. The van der Waals surface area contributed by atoms with Crippen LogP contribution in [0.2, 0.25) is 0 Å². The fourth-order valence-corrected chi connectivity index (χ4v) is 1.52. The standard InChI is InChI=1S/C9H20N2OS/c1-4-6-10-9(12)11-8(3)7-13-5-2/h8H,4-7H2,1-3H3,(H2,10,11,12). The highest BCUT2D eigenvalue weighted by Crippen LogP contribution is 2.00. The summed E-state index contributed by atoms with van der Waals surface area (Å²) in [5, 5.41) is 5.66. The number of hydrogen-bond donors (Lipinski definition) is 2. The van der Waals surface area contributed by atoms with Crippen LogP contribution in [0, 0.1) is 0 Å². The molecule has 78 valence electrons. The van der Waals surface area contributed by atoms with Crippen molar-refractivity contribution in [3.05, 3.63) is 0 Å². The predicted molar refractivity (Wildman–Crippen MR) is 59.3 cm³/mol. The van der Waals surface area contributed by atoms with Crippen LogP contribution in [-0.2, 0) is 0 Å². The molecule has 0 aromatic carbocycles. The van der Waals surface area contributed by atoms with Gasteiger partial charge in [-0.2, -0.15) is 11.8 Å². The summed E-state index contributed by atoms with van der Waals surface area (Å²) in [6.45, 7) is 6.93. The van der Waals surface area contributed by atoms with Crippen LogP contribution in [0.25, 0.3) is 0 Å². The fourth-order valence-electron chi connectivity index (χ4n) is 0.850. The van der Waals surface area contributed by atoms with E-state index in [1.165, 1.54) is 0 Å². The summed E-state index contributed by atoms with van der Waals surface area (Å²) in [5.74, 6) is 2.08. The van der Waals surface area contributed by atoms with Crippen LogP contribution in [0.1, 0.15) is 27.2 Å². The summed E-state index contributed by atoms with van der Waals surface area (Å²) in [5.41, 5.74) is 0. The third kappa shape index (κ3) is 7.96. The summed E-state index contributed by atoms with van der Waals surface area (Å²) >= 11 is 1.84. The highest BCUT2D eigenvalue weighted by atomic mass is 32.2. The molecular formula is C9H20N2OS. The van der Waals surface area contributed by atoms with Gasteiger partial charge < -0.3 is 10.6 Å². The number of carbonyl (C=O) groups is 1. The quantitative estimate of drug-likeness (QED) is 0.693. The maximum Gasteiger partial charge on any atom is 0.315 e. The Bertz CT molecular complexity index is 142. The molecule has 4 heteroatoms. The van der Waals surface area contributed by atoms with E-state index in [0.29, 0.717) is 0 Å². The Morgan fingerprint density at radius 2 is 2.15 bits per heavy atom. The van der Waals surface area contributed by atoms with E-state index in [4.69, 9.17) is 0 Å². The second kappa shape index (κ2) is 8.23. The maximum atomic E-state index is 11.1. The summed E-state index contributed by atoms with van der Waals surface area (Å²) in [6.07, 6.45) is 0.978. The fraction of sp³-hybridized carbons (Fsp3) is 0.889. The Morgan fingerprint density at radius 1 is 1.46 bits per heavy atom. The van der Waals surface area contributed by atoms with Crippen LogP contribution in [0.5, 0.6) is 0 Å². The Kier molecular flexibility index (Phi) is 7.99. The second-order valence-corrected chi connectivity index (χ2v) is 4.28. The molecule has 0 saturated carbocycles. The lowest BCUT2D eigenvalue weighted by molar-refractivity contribution is 0.239. The zero-order valence-electron chi connectivity index (χ0n) is 8.72. The van der Waals surface area contributed by atoms with Gasteiger partial charge >= 0.3 is 6.03 Å². The molecule has 0 fully saturated rings. The van der Waals surface area contributed by atoms with Gasteiger partial charge in [-0.25, -0.2) is 4.79 Å². The molecule has 0 rings (SSSR count). The molecule has 0 aromatic heterocycles. The van der Waals surface area contributed by atoms with Crippen molar-refractivity contribution in [2.45, 2.75) is 33.2 Å². The first kappa shape index (κ1) is 12.6. The highest BCUT2D eigenvalue weighted by molar-refractivity contribution is 7.99. The van der Waals surface area contributed by atoms with E-state index in [1.54, 1.807) is 0 Å². The molecule has 0 bridgehead atoms. The van der Waals surface area contributed by atoms with Gasteiger partial charge in [-0.3, -0.25) is 0 Å². The molecular weight excluding hydrogens is 184 g/mol. The largest absolute Gasteiger partial charge is 0.338 e. The van der Waals surface area contributed by atoms with Crippen LogP contribution >= 0.6 is 11.8 Å². The van der Waals surface area contributed by atoms with E-state index in [9.17, 15) is 4.79 Å². The molecule has 0 radical (unpaired) electrons. The molecule has 0 heterocycles. The van der Waals surface area contributed by atoms with Gasteiger partial charge in [0.2, 0.25) is 0 Å². The Morgan fingerprint density at radius 3 is 2.69 bits per heavy atom. The maximum absolute atomic E-state index is 11.1. The van der Waals surface area contributed by atoms with Crippen LogP contribution in [0.3, 0.4) is 0 Å². The number of nitrogens with one attached hydrogen (secondary N) is 2. The molecule has 0 aromatic rings. The van der Waals surface area contributed by atoms with Gasteiger partial charge in [-0.1, -0.05) is 13.8 Å². The topological polar surface area (TPSA) is 41.1 Å². The van der Waals surface area contributed by atoms with E-state index in [-0.39, 0.29) is 12.1 Å². The van der Waals surface area contributed by atoms with Crippen molar-refractivity contribution in [2.75, 3.05) is 18.1 Å². The van der Waals surface area contributed by atoms with Crippen molar-refractivity contribution in [1.29, 1.82) is 0 Å². The van der Waals surface area contributed by atoms with Crippen molar-refractivity contribution < 1.29 is 4.79 Å². The van der Waals surface area contributed by atoms with E-state index < -0.39 is 0 Å². The van der Waals surface area contributed by atoms with Crippen molar-refractivity contribution in [3.8, 4) is 0 Å². The molecule has 2 N–H and O–H groups in total. The Balaban J connectivity index is 3.41. The van der Waals surface area contributed by atoms with Gasteiger partial charge in [-0.05, 0) is 19.1 Å². The molecule has 0 saturated heterocycles. The lowest BCUT2D eigenvalue weighted by atomic mass is 10.4. The summed E-state index contributed by atoms with van der Waals surface area (Å²) in [6, 6.07) is 0.202. The van der Waals surface area contributed by atoms with Crippen molar-refractivity contribution in [2.24, 2.45) is 0 Å². The molecule has 0 aliphatic rings. The van der Waals surface area contributed by atoms with E-state index in [2.05, 4.69) is 17.6 Å². The zero-order chi connectivity index (χ0) is 10.1. The number of carbonyl (C=O) groups excluding carboxylic acids is 1. The third-order valence-corrected chi connectivity index (χ3v) is 2.63. The first-order chi connectivity index (χ1) is 6.20. The molecule has 1 atom stereocenters. The SMILES string of the molecule is CCCNC(=O)NC(C)CSCC. The highest BCUT2D eigenvalue weighted by Gasteiger charge is 2.04. The van der Waals surface area contributed by atoms with E-state index >= 15 is 0 Å². The molecule has 0 spiro atoms. The number of amides is 2. The van der Waals surface area contributed by atoms with Gasteiger partial charge in [0.05, 0.1) is 0 Å². The minimum Gasteiger partial charge on any atom is -0.338 e. The van der Waals surface area contributed by atoms with Gasteiger partial charge in [0.1, 0.15) is 0 Å². The minimum atomic E-state index is -0.0500. The van der Waals surface area contributed by atoms with Crippen LogP contribution in [-0.4, -0.2) is 30.1 Å². The Labute approximate surface area is 85.0 Å². The summed E-state index contributed by atoms with van der Waals surface area (Å²) < 4.78 is 0. The number of urea groups is 1. The first-order valence-electron chi connectivity index (χ1n) is 4.82. The molecule has 3 nitrogen and oxygen atoms in total. The summed E-state index contributed by atoms with van der Waals surface area (Å²) in [7, 11) is 0. The first-order valence-corrected chi connectivity index (χ1v) is 5.98. The smallest absolute Gasteiger partial charge is 0.315 e. The predicted octanol–water partition coefficient (Wildman–Crippen LogP) is 1.84. The lowest BCUT2D eigenvalue weighted by Gasteiger charge is -2.13. The van der Waals surface area contributed by atoms with Crippen LogP contribution < -0.4 is 10.6 Å². The lowest BCUT2D eigenvalue weighted by Crippen LogP contribution is -2.42. The van der Waals surface area contributed by atoms with Gasteiger partial charge in [-0.15, -0.1) is 0 Å². The second-order valence-electron chi connectivity index (χ2n) is 2.96. The van der Waals surface area contributed by atoms with Crippen molar-refractivity contribution in [1.82, 2.24) is 10.6 Å². The molecule has 2 amide bonds. The zero-order valence-corrected chi connectivity index (χ0v) is 9.54. The molecule has 0 aliphatic heterocycles. The average Bonchev–Trinajstić information content (AvgIpc) is 2.11. The molecule has 0 aliphatic carbocycles. The van der Waals surface area contributed by atoms with Crippen molar-refractivity contribution >= 4 is 17.8 Å². The van der Waals surface area contributed by atoms with Crippen molar-refractivity contribution in [3.63, 3.8) is 0 Å². The number of hydrogen-bond acceptors (Lipinski definition) is 2.